The summed E-state index contributed by atoms with van der Waals surface area (Å²) in [5.74, 6) is 0.882. The van der Waals surface area contributed by atoms with Crippen molar-refractivity contribution in [2.24, 2.45) is 5.92 Å². The molecule has 0 atom stereocenters. The van der Waals surface area contributed by atoms with E-state index in [1.807, 2.05) is 4.90 Å². The van der Waals surface area contributed by atoms with Gasteiger partial charge in [0.05, 0.1) is 0 Å². The molecule has 1 saturated heterocycles. The summed E-state index contributed by atoms with van der Waals surface area (Å²) in [6, 6.07) is 14.6. The first-order chi connectivity index (χ1) is 14.6. The highest BCUT2D eigenvalue weighted by atomic mass is 19.1. The molecule has 4 nitrogen and oxygen atoms in total. The Morgan fingerprint density at radius 2 is 1.83 bits per heavy atom. The van der Waals surface area contributed by atoms with Crippen molar-refractivity contribution in [3.8, 4) is 0 Å². The van der Waals surface area contributed by atoms with Crippen LogP contribution in [0.2, 0.25) is 0 Å². The average Bonchev–Trinajstić information content (AvgIpc) is 3.15. The number of halogens is 1. The van der Waals surface area contributed by atoms with Gasteiger partial charge >= 0.3 is 0 Å². The lowest BCUT2D eigenvalue weighted by atomic mass is 9.77. The normalized spacial score (nSPS) is 21.6. The minimum atomic E-state index is -0.303. The van der Waals surface area contributed by atoms with Crippen LogP contribution in [0.25, 0.3) is 0 Å². The highest BCUT2D eigenvalue weighted by Crippen LogP contribution is 2.37. The lowest BCUT2D eigenvalue weighted by Crippen LogP contribution is -2.24. The predicted molar refractivity (Wildman–Crippen MR) is 115 cm³/mol. The number of amides is 2. The molecule has 1 aliphatic heterocycles. The van der Waals surface area contributed by atoms with Gasteiger partial charge in [-0.05, 0) is 79.3 Å². The Kier molecular flexibility index (Phi) is 6.46. The van der Waals surface area contributed by atoms with Gasteiger partial charge in [-0.1, -0.05) is 24.3 Å². The monoisotopic (exact) mass is 408 g/mol. The molecule has 0 radical (unpaired) electrons. The summed E-state index contributed by atoms with van der Waals surface area (Å²) in [5, 5.41) is 2.87. The van der Waals surface area contributed by atoms with Gasteiger partial charge in [0.2, 0.25) is 11.8 Å². The van der Waals surface area contributed by atoms with Gasteiger partial charge in [0.1, 0.15) is 5.82 Å². The molecule has 5 heteroatoms. The number of nitrogens with zero attached hydrogens (tertiary/aromatic N) is 1. The third-order valence-corrected chi connectivity index (χ3v) is 6.42. The molecule has 2 aliphatic rings. The second kappa shape index (κ2) is 9.41. The molecule has 1 heterocycles. The molecule has 1 aliphatic carbocycles. The van der Waals surface area contributed by atoms with E-state index >= 15 is 0 Å². The zero-order valence-corrected chi connectivity index (χ0v) is 17.3. The van der Waals surface area contributed by atoms with E-state index in [0.717, 1.165) is 38.6 Å². The first kappa shape index (κ1) is 20.6. The minimum absolute atomic E-state index is 0.00216. The second-order valence-corrected chi connectivity index (χ2v) is 8.64. The molecule has 1 N–H and O–H groups in total. The van der Waals surface area contributed by atoms with Crippen molar-refractivity contribution < 1.29 is 14.0 Å². The molecule has 0 bridgehead atoms. The molecule has 0 unspecified atom stereocenters. The van der Waals surface area contributed by atoms with Gasteiger partial charge in [-0.15, -0.1) is 0 Å². The van der Waals surface area contributed by atoms with E-state index in [1.165, 1.54) is 23.3 Å². The van der Waals surface area contributed by atoms with Gasteiger partial charge in [-0.2, -0.15) is 0 Å². The lowest BCUT2D eigenvalue weighted by molar-refractivity contribution is -0.128. The van der Waals surface area contributed by atoms with Gasteiger partial charge in [0, 0.05) is 31.6 Å². The molecule has 4 rings (SSSR count). The average molecular weight is 409 g/mol. The molecule has 2 amide bonds. The molecule has 2 aromatic carbocycles. The molecular formula is C25H29FN2O2. The van der Waals surface area contributed by atoms with E-state index in [4.69, 9.17) is 0 Å². The SMILES string of the molecule is O=C(C[C@H]1CC[C@H](c2cccc(CN3CCCC3=O)c2)CC1)Nc1ccc(F)cc1. The van der Waals surface area contributed by atoms with Gasteiger partial charge in [-0.3, -0.25) is 9.59 Å². The van der Waals surface area contributed by atoms with Crippen LogP contribution in [0, 0.1) is 11.7 Å². The van der Waals surface area contributed by atoms with Crippen molar-refractivity contribution in [2.75, 3.05) is 11.9 Å². The second-order valence-electron chi connectivity index (χ2n) is 8.64. The number of likely N-dealkylation sites (tertiary alicyclic amines) is 1. The Balaban J connectivity index is 1.27. The maximum absolute atomic E-state index is 13.0. The number of anilines is 1. The number of rotatable bonds is 6. The van der Waals surface area contributed by atoms with Gasteiger partial charge in [0.25, 0.3) is 0 Å². The lowest BCUT2D eigenvalue weighted by Gasteiger charge is -2.29. The fourth-order valence-electron chi connectivity index (χ4n) is 4.74. The molecule has 2 fully saturated rings. The highest BCUT2D eigenvalue weighted by molar-refractivity contribution is 5.90. The number of hydrogen-bond acceptors (Lipinski definition) is 2. The van der Waals surface area contributed by atoms with Crippen molar-refractivity contribution >= 4 is 17.5 Å². The number of benzene rings is 2. The Bertz CT molecular complexity index is 888. The summed E-state index contributed by atoms with van der Waals surface area (Å²) in [5.41, 5.74) is 3.21. The molecule has 1 saturated carbocycles. The Labute approximate surface area is 177 Å². The summed E-state index contributed by atoms with van der Waals surface area (Å²) < 4.78 is 13.0. The first-order valence-corrected chi connectivity index (χ1v) is 11.0. The van der Waals surface area contributed by atoms with E-state index in [-0.39, 0.29) is 17.6 Å². The quantitative estimate of drug-likeness (QED) is 0.710. The van der Waals surface area contributed by atoms with Crippen LogP contribution in [0.1, 0.15) is 62.0 Å². The number of carbonyl (C=O) groups excluding carboxylic acids is 2. The Morgan fingerprint density at radius 3 is 2.53 bits per heavy atom. The third kappa shape index (κ3) is 5.26. The van der Waals surface area contributed by atoms with Crippen LogP contribution in [0.4, 0.5) is 10.1 Å². The summed E-state index contributed by atoms with van der Waals surface area (Å²) in [6.45, 7) is 1.58. The van der Waals surface area contributed by atoms with Crippen molar-refractivity contribution in [2.45, 2.75) is 57.4 Å². The van der Waals surface area contributed by atoms with Gasteiger partial charge in [-0.25, -0.2) is 4.39 Å². The van der Waals surface area contributed by atoms with E-state index in [1.54, 1.807) is 12.1 Å². The van der Waals surface area contributed by atoms with Crippen LogP contribution in [0.5, 0.6) is 0 Å². The topological polar surface area (TPSA) is 49.4 Å². The Hall–Kier alpha value is -2.69. The first-order valence-electron chi connectivity index (χ1n) is 11.0. The molecular weight excluding hydrogens is 379 g/mol. The largest absolute Gasteiger partial charge is 0.338 e. The van der Waals surface area contributed by atoms with E-state index in [9.17, 15) is 14.0 Å². The van der Waals surface area contributed by atoms with Crippen LogP contribution in [0.3, 0.4) is 0 Å². The van der Waals surface area contributed by atoms with Crippen LogP contribution < -0.4 is 5.32 Å². The maximum Gasteiger partial charge on any atom is 0.224 e. The zero-order valence-electron chi connectivity index (χ0n) is 17.3. The van der Waals surface area contributed by atoms with Crippen LogP contribution >= 0.6 is 0 Å². The molecule has 30 heavy (non-hydrogen) atoms. The summed E-state index contributed by atoms with van der Waals surface area (Å²) in [6.07, 6.45) is 6.41. The third-order valence-electron chi connectivity index (χ3n) is 6.42. The fraction of sp³-hybridized carbons (Fsp3) is 0.440. The Morgan fingerprint density at radius 1 is 1.07 bits per heavy atom. The number of carbonyl (C=O) groups is 2. The van der Waals surface area contributed by atoms with Gasteiger partial charge < -0.3 is 10.2 Å². The fourth-order valence-corrected chi connectivity index (χ4v) is 4.74. The van der Waals surface area contributed by atoms with E-state index in [2.05, 4.69) is 29.6 Å². The van der Waals surface area contributed by atoms with E-state index in [0.29, 0.717) is 36.9 Å². The minimum Gasteiger partial charge on any atom is -0.338 e. The smallest absolute Gasteiger partial charge is 0.224 e. The van der Waals surface area contributed by atoms with Crippen molar-refractivity contribution in [3.63, 3.8) is 0 Å². The molecule has 158 valence electrons. The van der Waals surface area contributed by atoms with Crippen molar-refractivity contribution in [1.29, 1.82) is 0 Å². The predicted octanol–water partition coefficient (Wildman–Crippen LogP) is 5.25. The number of hydrogen-bond donors (Lipinski definition) is 1. The molecule has 2 aromatic rings. The summed E-state index contributed by atoms with van der Waals surface area (Å²) in [4.78, 5) is 26.2. The standard InChI is InChI=1S/C25H29FN2O2/c26-22-10-12-23(13-11-22)27-24(29)16-18-6-8-20(9-7-18)21-4-1-3-19(15-21)17-28-14-2-5-25(28)30/h1,3-4,10-13,15,18,20H,2,5-9,14,16-17H2,(H,27,29)/t18-,20-. The molecule has 0 spiro atoms. The zero-order chi connectivity index (χ0) is 20.9. The van der Waals surface area contributed by atoms with Crippen LogP contribution in [-0.2, 0) is 16.1 Å². The van der Waals surface area contributed by atoms with Crippen LogP contribution in [0.15, 0.2) is 48.5 Å². The highest BCUT2D eigenvalue weighted by Gasteiger charge is 2.25. The van der Waals surface area contributed by atoms with E-state index < -0.39 is 0 Å². The van der Waals surface area contributed by atoms with Crippen molar-refractivity contribution in [1.82, 2.24) is 4.90 Å². The number of nitrogens with one attached hydrogen (secondary N) is 1. The molecule has 0 aromatic heterocycles. The van der Waals surface area contributed by atoms with Gasteiger partial charge in [0.15, 0.2) is 0 Å². The van der Waals surface area contributed by atoms with Crippen LogP contribution in [-0.4, -0.2) is 23.3 Å². The summed E-state index contributed by atoms with van der Waals surface area (Å²) in [7, 11) is 0. The summed E-state index contributed by atoms with van der Waals surface area (Å²) >= 11 is 0. The van der Waals surface area contributed by atoms with Crippen molar-refractivity contribution in [3.05, 3.63) is 65.5 Å². The maximum atomic E-state index is 13.0.